The highest BCUT2D eigenvalue weighted by Crippen LogP contribution is 2.39. The van der Waals surface area contributed by atoms with Crippen molar-refractivity contribution in [1.29, 1.82) is 0 Å². The van der Waals surface area contributed by atoms with Crippen molar-refractivity contribution in [3.05, 3.63) is 60.2 Å². The summed E-state index contributed by atoms with van der Waals surface area (Å²) in [6.45, 7) is 4.82. The molecule has 1 heterocycles. The molecule has 4 rings (SSSR count). The number of likely N-dealkylation sites (tertiary alicyclic amines) is 1. The van der Waals surface area contributed by atoms with Gasteiger partial charge in [0.2, 0.25) is 0 Å². The quantitative estimate of drug-likeness (QED) is 0.726. The van der Waals surface area contributed by atoms with Crippen LogP contribution in [0.25, 0.3) is 0 Å². The molecule has 1 aliphatic carbocycles. The molecule has 1 aliphatic heterocycles. The van der Waals surface area contributed by atoms with Gasteiger partial charge in [-0.05, 0) is 68.0 Å². The molecule has 27 heavy (non-hydrogen) atoms. The number of rotatable bonds is 7. The average Bonchev–Trinajstić information content (AvgIpc) is 3.23. The van der Waals surface area contributed by atoms with Gasteiger partial charge >= 0.3 is 0 Å². The molecular formula is C24H32N2O. The van der Waals surface area contributed by atoms with Gasteiger partial charge in [0.15, 0.2) is 0 Å². The number of hydrogen-bond donors (Lipinski definition) is 1. The molecule has 2 aromatic carbocycles. The predicted octanol–water partition coefficient (Wildman–Crippen LogP) is 5.25. The van der Waals surface area contributed by atoms with Crippen molar-refractivity contribution in [1.82, 2.24) is 10.2 Å². The first-order valence-corrected chi connectivity index (χ1v) is 10.5. The van der Waals surface area contributed by atoms with E-state index in [1.165, 1.54) is 44.3 Å². The molecule has 4 atom stereocenters. The highest BCUT2D eigenvalue weighted by atomic mass is 16.5. The van der Waals surface area contributed by atoms with Gasteiger partial charge in [-0.2, -0.15) is 0 Å². The zero-order valence-electron chi connectivity index (χ0n) is 16.6. The fourth-order valence-corrected chi connectivity index (χ4v) is 4.98. The smallest absolute Gasteiger partial charge is 0.127 e. The molecule has 0 spiro atoms. The molecule has 0 bridgehead atoms. The van der Waals surface area contributed by atoms with E-state index in [1.54, 1.807) is 0 Å². The van der Waals surface area contributed by atoms with E-state index in [9.17, 15) is 0 Å². The largest absolute Gasteiger partial charge is 0.457 e. The van der Waals surface area contributed by atoms with Crippen molar-refractivity contribution in [2.75, 3.05) is 20.1 Å². The first kappa shape index (κ1) is 18.5. The fraction of sp³-hybridized carbons (Fsp3) is 0.500. The summed E-state index contributed by atoms with van der Waals surface area (Å²) in [6.07, 6.45) is 5.09. The summed E-state index contributed by atoms with van der Waals surface area (Å²) in [5.74, 6) is 3.51. The van der Waals surface area contributed by atoms with Gasteiger partial charge in [-0.3, -0.25) is 0 Å². The number of para-hydroxylation sites is 1. The van der Waals surface area contributed by atoms with Crippen LogP contribution in [0.4, 0.5) is 0 Å². The van der Waals surface area contributed by atoms with Crippen molar-refractivity contribution in [3.63, 3.8) is 0 Å². The Bertz CT molecular complexity index is 715. The van der Waals surface area contributed by atoms with E-state index in [-0.39, 0.29) is 0 Å². The Balaban J connectivity index is 1.42. The summed E-state index contributed by atoms with van der Waals surface area (Å²) in [4.78, 5) is 2.51. The summed E-state index contributed by atoms with van der Waals surface area (Å²) in [5.41, 5.74) is 1.38. The topological polar surface area (TPSA) is 24.5 Å². The molecule has 3 heteroatoms. The lowest BCUT2D eigenvalue weighted by Gasteiger charge is -2.27. The van der Waals surface area contributed by atoms with Crippen LogP contribution in [0.5, 0.6) is 11.5 Å². The molecule has 1 saturated heterocycles. The van der Waals surface area contributed by atoms with Crippen molar-refractivity contribution in [2.45, 2.75) is 44.7 Å². The van der Waals surface area contributed by atoms with Crippen molar-refractivity contribution >= 4 is 0 Å². The van der Waals surface area contributed by atoms with Crippen molar-refractivity contribution in [3.8, 4) is 11.5 Å². The Morgan fingerprint density at radius 3 is 2.48 bits per heavy atom. The minimum atomic E-state index is 0.440. The molecular weight excluding hydrogens is 332 g/mol. The number of ether oxygens (including phenoxy) is 1. The highest BCUT2D eigenvalue weighted by molar-refractivity contribution is 5.34. The summed E-state index contributed by atoms with van der Waals surface area (Å²) >= 11 is 0. The first-order chi connectivity index (χ1) is 13.2. The van der Waals surface area contributed by atoms with Gasteiger partial charge in [-0.1, -0.05) is 43.7 Å². The monoisotopic (exact) mass is 364 g/mol. The van der Waals surface area contributed by atoms with Crippen molar-refractivity contribution in [2.24, 2.45) is 11.8 Å². The number of fused-ring (bicyclic) bond motifs is 1. The third-order valence-corrected chi connectivity index (χ3v) is 6.29. The molecule has 4 unspecified atom stereocenters. The standard InChI is InChI=1S/C24H32N2O/c1-3-7-23(25-24-15-12-19-16-26(2)17-22(19)24)18-10-13-21(14-11-18)27-20-8-5-4-6-9-20/h4-6,8-11,13-14,19,22-25H,3,7,12,15-17H2,1-2H3. The molecule has 0 radical (unpaired) electrons. The number of nitrogens with one attached hydrogen (secondary N) is 1. The second kappa shape index (κ2) is 8.45. The van der Waals surface area contributed by atoms with Crippen LogP contribution in [0.1, 0.15) is 44.2 Å². The van der Waals surface area contributed by atoms with Gasteiger partial charge < -0.3 is 15.0 Å². The lowest BCUT2D eigenvalue weighted by molar-refractivity contribution is 0.315. The van der Waals surface area contributed by atoms with Crippen LogP contribution in [0.15, 0.2) is 54.6 Å². The highest BCUT2D eigenvalue weighted by Gasteiger charge is 2.41. The molecule has 2 aliphatic rings. The van der Waals surface area contributed by atoms with Gasteiger partial charge in [0.05, 0.1) is 0 Å². The van der Waals surface area contributed by atoms with Gasteiger partial charge in [0, 0.05) is 25.2 Å². The van der Waals surface area contributed by atoms with Gasteiger partial charge in [0.1, 0.15) is 11.5 Å². The first-order valence-electron chi connectivity index (χ1n) is 10.5. The molecule has 2 aromatic rings. The van der Waals surface area contributed by atoms with E-state index in [4.69, 9.17) is 4.74 Å². The third-order valence-electron chi connectivity index (χ3n) is 6.29. The van der Waals surface area contributed by atoms with E-state index in [1.807, 2.05) is 30.3 Å². The van der Waals surface area contributed by atoms with Crippen LogP contribution in [-0.2, 0) is 0 Å². The van der Waals surface area contributed by atoms with Crippen LogP contribution in [-0.4, -0.2) is 31.1 Å². The van der Waals surface area contributed by atoms with E-state index in [0.717, 1.165) is 23.3 Å². The second-order valence-corrected chi connectivity index (χ2v) is 8.32. The molecule has 1 N–H and O–H groups in total. The Morgan fingerprint density at radius 1 is 1.00 bits per heavy atom. The van der Waals surface area contributed by atoms with Gasteiger partial charge in [-0.25, -0.2) is 0 Å². The Morgan fingerprint density at radius 2 is 1.74 bits per heavy atom. The second-order valence-electron chi connectivity index (χ2n) is 8.32. The minimum Gasteiger partial charge on any atom is -0.457 e. The van der Waals surface area contributed by atoms with E-state index < -0.39 is 0 Å². The van der Waals surface area contributed by atoms with Crippen LogP contribution in [0, 0.1) is 11.8 Å². The molecule has 2 fully saturated rings. The molecule has 3 nitrogen and oxygen atoms in total. The van der Waals surface area contributed by atoms with Gasteiger partial charge in [0.25, 0.3) is 0 Å². The third kappa shape index (κ3) is 4.36. The summed E-state index contributed by atoms with van der Waals surface area (Å²) < 4.78 is 5.95. The van der Waals surface area contributed by atoms with Gasteiger partial charge in [-0.15, -0.1) is 0 Å². The van der Waals surface area contributed by atoms with Crippen LogP contribution < -0.4 is 10.1 Å². The maximum atomic E-state index is 5.95. The molecule has 0 aromatic heterocycles. The molecule has 144 valence electrons. The maximum Gasteiger partial charge on any atom is 0.127 e. The predicted molar refractivity (Wildman–Crippen MR) is 111 cm³/mol. The van der Waals surface area contributed by atoms with E-state index in [0.29, 0.717) is 12.1 Å². The van der Waals surface area contributed by atoms with Crippen LogP contribution in [0.2, 0.25) is 0 Å². The van der Waals surface area contributed by atoms with Crippen molar-refractivity contribution < 1.29 is 4.74 Å². The Kier molecular flexibility index (Phi) is 5.80. The number of hydrogen-bond acceptors (Lipinski definition) is 3. The van der Waals surface area contributed by atoms with E-state index >= 15 is 0 Å². The van der Waals surface area contributed by atoms with Crippen LogP contribution >= 0.6 is 0 Å². The zero-order chi connectivity index (χ0) is 18.6. The lowest BCUT2D eigenvalue weighted by atomic mass is 9.95. The normalized spacial score (nSPS) is 26.1. The Hall–Kier alpha value is -1.84. The van der Waals surface area contributed by atoms with Crippen LogP contribution in [0.3, 0.4) is 0 Å². The van der Waals surface area contributed by atoms with E-state index in [2.05, 4.69) is 48.5 Å². The SMILES string of the molecule is CCCC(NC1CCC2CN(C)CC21)c1ccc(Oc2ccccc2)cc1. The average molecular weight is 365 g/mol. The maximum absolute atomic E-state index is 5.95. The number of benzene rings is 2. The minimum absolute atomic E-state index is 0.440. The Labute approximate surface area is 163 Å². The molecule has 0 amide bonds. The molecule has 1 saturated carbocycles. The summed E-state index contributed by atoms with van der Waals surface area (Å²) in [6, 6.07) is 19.8. The lowest BCUT2D eigenvalue weighted by Crippen LogP contribution is -2.38. The fourth-order valence-electron chi connectivity index (χ4n) is 4.98. The number of nitrogens with zero attached hydrogens (tertiary/aromatic N) is 1. The summed E-state index contributed by atoms with van der Waals surface area (Å²) in [5, 5.41) is 4.03. The zero-order valence-corrected chi connectivity index (χ0v) is 16.6. The summed E-state index contributed by atoms with van der Waals surface area (Å²) in [7, 11) is 2.27.